The molecule has 1 unspecified atom stereocenters. The van der Waals surface area contributed by atoms with Gasteiger partial charge in [-0.3, -0.25) is 4.79 Å². The fourth-order valence-corrected chi connectivity index (χ4v) is 3.94. The number of hydrogen-bond acceptors (Lipinski definition) is 6. The van der Waals surface area contributed by atoms with Gasteiger partial charge in [-0.2, -0.15) is 5.26 Å². The highest BCUT2D eigenvalue weighted by molar-refractivity contribution is 5.99. The van der Waals surface area contributed by atoms with Gasteiger partial charge in [0.2, 0.25) is 5.88 Å². The molecule has 6 nitrogen and oxygen atoms in total. The van der Waals surface area contributed by atoms with Crippen molar-refractivity contribution in [3.8, 4) is 17.6 Å². The lowest BCUT2D eigenvalue weighted by atomic mass is 9.77. The number of halogens is 1. The summed E-state index contributed by atoms with van der Waals surface area (Å²) >= 11 is 0. The van der Waals surface area contributed by atoms with Crippen LogP contribution in [0.3, 0.4) is 0 Å². The Morgan fingerprint density at radius 3 is 2.77 bits per heavy atom. The van der Waals surface area contributed by atoms with Gasteiger partial charge in [0.1, 0.15) is 29.8 Å². The van der Waals surface area contributed by atoms with E-state index in [1.807, 2.05) is 0 Å². The highest BCUT2D eigenvalue weighted by atomic mass is 19.1. The largest absolute Gasteiger partial charge is 0.493 e. The maximum Gasteiger partial charge on any atom is 0.205 e. The first-order valence-corrected chi connectivity index (χ1v) is 9.91. The summed E-state index contributed by atoms with van der Waals surface area (Å²) in [4.78, 5) is 12.7. The van der Waals surface area contributed by atoms with Gasteiger partial charge in [-0.25, -0.2) is 4.39 Å². The number of methoxy groups -OCH3 is 1. The molecule has 4 rings (SSSR count). The van der Waals surface area contributed by atoms with Crippen LogP contribution in [-0.2, 0) is 16.1 Å². The predicted octanol–water partition coefficient (Wildman–Crippen LogP) is 4.23. The summed E-state index contributed by atoms with van der Waals surface area (Å²) in [5.74, 6) is 0.329. The molecule has 1 aliphatic heterocycles. The lowest BCUT2D eigenvalue weighted by Gasteiger charge is -2.31. The molecule has 0 bridgehead atoms. The molecule has 31 heavy (non-hydrogen) atoms. The Bertz CT molecular complexity index is 1150. The number of nitrogens with two attached hydrogens (primary N) is 1. The molecule has 0 amide bonds. The zero-order valence-corrected chi connectivity index (χ0v) is 17.0. The van der Waals surface area contributed by atoms with Gasteiger partial charge in [-0.15, -0.1) is 0 Å². The standard InChI is InChI=1S/C24H21FN2O4/c1-29-21-11-14(9-10-19(21)30-13-15-5-2-3-6-17(15)25)22-16(12-26)24(27)31-20-8-4-7-18(28)23(20)22/h2-3,5-6,9-11,22H,4,7-8,13,27H2,1H3. The lowest BCUT2D eigenvalue weighted by molar-refractivity contribution is -0.116. The third kappa shape index (κ3) is 3.84. The first kappa shape index (κ1) is 20.5. The summed E-state index contributed by atoms with van der Waals surface area (Å²) in [5, 5.41) is 9.69. The molecule has 2 aliphatic rings. The normalized spacial score (nSPS) is 18.2. The molecule has 0 aromatic heterocycles. The number of nitriles is 1. The van der Waals surface area contributed by atoms with Gasteiger partial charge < -0.3 is 19.9 Å². The quantitative estimate of drug-likeness (QED) is 0.778. The summed E-state index contributed by atoms with van der Waals surface area (Å²) < 4.78 is 30.7. The summed E-state index contributed by atoms with van der Waals surface area (Å²) in [6.45, 7) is 0.0315. The summed E-state index contributed by atoms with van der Waals surface area (Å²) in [5.41, 5.74) is 7.74. The van der Waals surface area contributed by atoms with Gasteiger partial charge in [0, 0.05) is 24.0 Å². The van der Waals surface area contributed by atoms with Crippen molar-refractivity contribution in [2.24, 2.45) is 5.73 Å². The van der Waals surface area contributed by atoms with E-state index in [2.05, 4.69) is 6.07 Å². The van der Waals surface area contributed by atoms with Crippen LogP contribution in [0.2, 0.25) is 0 Å². The van der Waals surface area contributed by atoms with Crippen molar-refractivity contribution in [3.63, 3.8) is 0 Å². The minimum Gasteiger partial charge on any atom is -0.493 e. The highest BCUT2D eigenvalue weighted by Gasteiger charge is 2.38. The van der Waals surface area contributed by atoms with Crippen molar-refractivity contribution in [2.45, 2.75) is 31.8 Å². The average Bonchev–Trinajstić information content (AvgIpc) is 2.77. The smallest absolute Gasteiger partial charge is 0.205 e. The number of rotatable bonds is 5. The maximum atomic E-state index is 13.9. The van der Waals surface area contributed by atoms with E-state index in [-0.39, 0.29) is 29.7 Å². The second-order valence-electron chi connectivity index (χ2n) is 7.33. The first-order valence-electron chi connectivity index (χ1n) is 9.91. The van der Waals surface area contributed by atoms with Crippen molar-refractivity contribution in [2.75, 3.05) is 7.11 Å². The summed E-state index contributed by atoms with van der Waals surface area (Å²) in [6, 6.07) is 13.6. The van der Waals surface area contributed by atoms with Gasteiger partial charge in [-0.1, -0.05) is 24.3 Å². The van der Waals surface area contributed by atoms with E-state index in [9.17, 15) is 14.4 Å². The van der Waals surface area contributed by atoms with Crippen LogP contribution in [0.5, 0.6) is 11.5 Å². The minimum absolute atomic E-state index is 0.0137. The molecule has 1 aliphatic carbocycles. The van der Waals surface area contributed by atoms with Crippen molar-refractivity contribution in [3.05, 3.63) is 82.2 Å². The molecule has 0 saturated heterocycles. The molecular weight excluding hydrogens is 399 g/mol. The molecule has 0 spiro atoms. The number of carbonyl (C=O) groups is 1. The number of Topliss-reactive ketones (excluding diaryl/α,β-unsaturated/α-hetero) is 1. The second-order valence-corrected chi connectivity index (χ2v) is 7.33. The number of carbonyl (C=O) groups excluding carboxylic acids is 1. The Labute approximate surface area is 179 Å². The van der Waals surface area contributed by atoms with Crippen molar-refractivity contribution in [1.82, 2.24) is 0 Å². The minimum atomic E-state index is -0.629. The van der Waals surface area contributed by atoms with Gasteiger partial charge in [0.25, 0.3) is 0 Å². The van der Waals surface area contributed by atoms with Gasteiger partial charge in [0.05, 0.1) is 13.0 Å². The van der Waals surface area contributed by atoms with E-state index in [1.165, 1.54) is 13.2 Å². The SMILES string of the molecule is COc1cc(C2C(C#N)=C(N)OC3=C2C(=O)CCC3)ccc1OCc1ccccc1F. The number of allylic oxidation sites excluding steroid dienone is 3. The monoisotopic (exact) mass is 420 g/mol. The van der Waals surface area contributed by atoms with Crippen LogP contribution in [0.25, 0.3) is 0 Å². The Hall–Kier alpha value is -3.79. The molecule has 7 heteroatoms. The third-order valence-corrected chi connectivity index (χ3v) is 5.47. The Kier molecular flexibility index (Phi) is 5.63. The molecule has 0 fully saturated rings. The summed E-state index contributed by atoms with van der Waals surface area (Å²) in [6.07, 6.45) is 1.68. The van der Waals surface area contributed by atoms with E-state index in [0.29, 0.717) is 53.2 Å². The van der Waals surface area contributed by atoms with Gasteiger partial charge in [0.15, 0.2) is 17.3 Å². The molecule has 0 radical (unpaired) electrons. The zero-order chi connectivity index (χ0) is 22.0. The molecule has 2 N–H and O–H groups in total. The van der Waals surface area contributed by atoms with Crippen LogP contribution in [0.15, 0.2) is 65.3 Å². The number of ether oxygens (including phenoxy) is 3. The Balaban J connectivity index is 1.69. The van der Waals surface area contributed by atoms with Crippen LogP contribution in [-0.4, -0.2) is 12.9 Å². The molecule has 2 aromatic carbocycles. The Morgan fingerprint density at radius 2 is 2.03 bits per heavy atom. The molecule has 1 heterocycles. The fraction of sp³-hybridized carbons (Fsp3) is 0.250. The fourth-order valence-electron chi connectivity index (χ4n) is 3.94. The summed E-state index contributed by atoms with van der Waals surface area (Å²) in [7, 11) is 1.49. The van der Waals surface area contributed by atoms with E-state index < -0.39 is 5.92 Å². The highest BCUT2D eigenvalue weighted by Crippen LogP contribution is 2.45. The first-order chi connectivity index (χ1) is 15.0. The van der Waals surface area contributed by atoms with E-state index >= 15 is 0 Å². The van der Waals surface area contributed by atoms with Gasteiger partial charge >= 0.3 is 0 Å². The maximum absolute atomic E-state index is 13.9. The van der Waals surface area contributed by atoms with Crippen LogP contribution in [0.4, 0.5) is 4.39 Å². The van der Waals surface area contributed by atoms with Gasteiger partial charge in [-0.05, 0) is 30.2 Å². The third-order valence-electron chi connectivity index (χ3n) is 5.47. The topological polar surface area (TPSA) is 94.6 Å². The van der Waals surface area contributed by atoms with Crippen LogP contribution in [0, 0.1) is 17.1 Å². The lowest BCUT2D eigenvalue weighted by Crippen LogP contribution is -2.27. The number of nitrogens with zero attached hydrogens (tertiary/aromatic N) is 1. The van der Waals surface area contributed by atoms with Crippen molar-refractivity contribution < 1.29 is 23.4 Å². The van der Waals surface area contributed by atoms with Crippen molar-refractivity contribution >= 4 is 5.78 Å². The second kappa shape index (κ2) is 8.52. The van der Waals surface area contributed by atoms with E-state index in [1.54, 1.807) is 36.4 Å². The van der Waals surface area contributed by atoms with Crippen molar-refractivity contribution in [1.29, 1.82) is 5.26 Å². The number of ketones is 1. The zero-order valence-electron chi connectivity index (χ0n) is 17.0. The molecule has 0 saturated carbocycles. The number of benzene rings is 2. The van der Waals surface area contributed by atoms with Crippen LogP contribution >= 0.6 is 0 Å². The Morgan fingerprint density at radius 1 is 1.23 bits per heavy atom. The average molecular weight is 420 g/mol. The van der Waals surface area contributed by atoms with Crippen LogP contribution < -0.4 is 15.2 Å². The number of hydrogen-bond donors (Lipinski definition) is 1. The molecule has 1 atom stereocenters. The predicted molar refractivity (Wildman–Crippen MR) is 110 cm³/mol. The van der Waals surface area contributed by atoms with Crippen LogP contribution in [0.1, 0.15) is 36.3 Å². The molecule has 158 valence electrons. The molecular formula is C24H21FN2O4. The molecule has 2 aromatic rings. The van der Waals surface area contributed by atoms with E-state index in [4.69, 9.17) is 19.9 Å². The van der Waals surface area contributed by atoms with E-state index in [0.717, 1.165) is 0 Å².